The molecule has 0 spiro atoms. The Balaban J connectivity index is 1.57. The Kier molecular flexibility index (Phi) is 6.76. The topological polar surface area (TPSA) is 98.2 Å². The summed E-state index contributed by atoms with van der Waals surface area (Å²) in [5, 5.41) is 14.0. The number of pyridine rings is 1. The van der Waals surface area contributed by atoms with Crippen molar-refractivity contribution in [3.63, 3.8) is 0 Å². The number of nitrogens with one attached hydrogen (secondary N) is 1. The van der Waals surface area contributed by atoms with E-state index in [1.807, 2.05) is 22.9 Å². The molecule has 2 aliphatic rings. The molecule has 194 valence electrons. The van der Waals surface area contributed by atoms with E-state index < -0.39 is 0 Å². The van der Waals surface area contributed by atoms with Gasteiger partial charge in [-0.1, -0.05) is 40.0 Å². The largest absolute Gasteiger partial charge is 0.454 e. The second-order valence-corrected chi connectivity index (χ2v) is 11.2. The van der Waals surface area contributed by atoms with Gasteiger partial charge in [-0.05, 0) is 61.6 Å². The Morgan fingerprint density at radius 3 is 2.56 bits per heavy atom. The van der Waals surface area contributed by atoms with Crippen LogP contribution in [0.2, 0.25) is 0 Å². The maximum Gasteiger partial charge on any atom is 0.252 e. The molecule has 1 atom stereocenters. The van der Waals surface area contributed by atoms with Crippen LogP contribution in [0.3, 0.4) is 0 Å². The maximum absolute atomic E-state index is 13.3. The molecule has 2 aromatic heterocycles. The van der Waals surface area contributed by atoms with Gasteiger partial charge in [-0.2, -0.15) is 0 Å². The Morgan fingerprint density at radius 1 is 1.14 bits per heavy atom. The van der Waals surface area contributed by atoms with Crippen LogP contribution in [-0.2, 0) is 12.1 Å². The van der Waals surface area contributed by atoms with Crippen molar-refractivity contribution in [1.29, 1.82) is 0 Å². The first kappa shape index (κ1) is 24.7. The van der Waals surface area contributed by atoms with E-state index in [4.69, 9.17) is 9.47 Å². The molecule has 3 aromatic rings. The van der Waals surface area contributed by atoms with Gasteiger partial charge in [0.05, 0.1) is 17.1 Å². The van der Waals surface area contributed by atoms with E-state index in [1.54, 1.807) is 0 Å². The van der Waals surface area contributed by atoms with Gasteiger partial charge in [0.1, 0.15) is 0 Å². The third kappa shape index (κ3) is 4.61. The lowest BCUT2D eigenvalue weighted by atomic mass is 9.89. The second kappa shape index (κ2) is 9.84. The molecule has 36 heavy (non-hydrogen) atoms. The number of tetrazole rings is 1. The molecule has 1 aliphatic carbocycles. The van der Waals surface area contributed by atoms with Crippen molar-refractivity contribution in [2.45, 2.75) is 97.3 Å². The summed E-state index contributed by atoms with van der Waals surface area (Å²) in [6.07, 6.45) is 6.82. The van der Waals surface area contributed by atoms with Crippen LogP contribution in [-0.4, -0.2) is 42.9 Å². The number of aromatic amines is 1. The fourth-order valence-electron chi connectivity index (χ4n) is 5.61. The van der Waals surface area contributed by atoms with Crippen molar-refractivity contribution in [2.75, 3.05) is 6.79 Å². The Labute approximate surface area is 212 Å². The lowest BCUT2D eigenvalue weighted by Gasteiger charge is -2.42. The highest BCUT2D eigenvalue weighted by molar-refractivity contribution is 5.83. The molecule has 0 unspecified atom stereocenters. The van der Waals surface area contributed by atoms with Crippen molar-refractivity contribution in [1.82, 2.24) is 30.1 Å². The molecular weight excluding hydrogens is 456 g/mol. The van der Waals surface area contributed by atoms with Crippen LogP contribution in [0.15, 0.2) is 23.0 Å². The first-order valence-electron chi connectivity index (χ1n) is 13.3. The normalized spacial score (nSPS) is 17.4. The highest BCUT2D eigenvalue weighted by atomic mass is 16.7. The molecule has 5 rings (SSSR count). The number of rotatable bonds is 8. The molecule has 9 nitrogen and oxygen atoms in total. The van der Waals surface area contributed by atoms with E-state index in [-0.39, 0.29) is 29.9 Å². The summed E-state index contributed by atoms with van der Waals surface area (Å²) < 4.78 is 13.1. The van der Waals surface area contributed by atoms with Gasteiger partial charge in [0.2, 0.25) is 6.79 Å². The molecule has 1 fully saturated rings. The monoisotopic (exact) mass is 494 g/mol. The van der Waals surface area contributed by atoms with Gasteiger partial charge in [-0.25, -0.2) is 4.68 Å². The minimum absolute atomic E-state index is 0.0132. The summed E-state index contributed by atoms with van der Waals surface area (Å²) in [5.41, 5.74) is 1.23. The first-order chi connectivity index (χ1) is 17.3. The van der Waals surface area contributed by atoms with Crippen molar-refractivity contribution in [3.8, 4) is 11.5 Å². The van der Waals surface area contributed by atoms with E-state index in [0.717, 1.165) is 41.6 Å². The highest BCUT2D eigenvalue weighted by Gasteiger charge is 2.37. The maximum atomic E-state index is 13.3. The highest BCUT2D eigenvalue weighted by Crippen LogP contribution is 2.38. The minimum atomic E-state index is -0.201. The third-order valence-corrected chi connectivity index (χ3v) is 8.00. The quantitative estimate of drug-likeness (QED) is 0.475. The molecule has 3 heterocycles. The molecule has 0 amide bonds. The number of ether oxygens (including phenoxy) is 2. The third-order valence-electron chi connectivity index (χ3n) is 8.00. The van der Waals surface area contributed by atoms with Crippen molar-refractivity contribution >= 4 is 10.9 Å². The van der Waals surface area contributed by atoms with Crippen LogP contribution in [0.25, 0.3) is 10.9 Å². The van der Waals surface area contributed by atoms with Crippen LogP contribution >= 0.6 is 0 Å². The standard InChI is InChI=1S/C27H38N6O3/c1-6-27(4,5)33-25(29-30-31-33)24(17(2)3)32(20-10-8-7-9-11-20)15-19-12-18-13-22-23(36-16-35-22)14-21(18)28-26(19)34/h12-14,17,20,24H,6-11,15-16H2,1-5H3,(H,28,34)/t24-/m1/s1. The average molecular weight is 495 g/mol. The number of nitrogens with zero attached hydrogens (tertiary/aromatic N) is 5. The average Bonchev–Trinajstić information content (AvgIpc) is 3.53. The molecular formula is C27H38N6O3. The summed E-state index contributed by atoms with van der Waals surface area (Å²) in [6.45, 7) is 11.7. The lowest BCUT2D eigenvalue weighted by Crippen LogP contribution is -2.44. The van der Waals surface area contributed by atoms with Crippen LogP contribution in [0.1, 0.15) is 90.6 Å². The summed E-state index contributed by atoms with van der Waals surface area (Å²) >= 11 is 0. The van der Waals surface area contributed by atoms with E-state index in [9.17, 15) is 4.79 Å². The number of benzene rings is 1. The summed E-state index contributed by atoms with van der Waals surface area (Å²) in [4.78, 5) is 18.9. The number of aromatic nitrogens is 5. The van der Waals surface area contributed by atoms with E-state index in [2.05, 4.69) is 60.0 Å². The second-order valence-electron chi connectivity index (χ2n) is 11.2. The minimum Gasteiger partial charge on any atom is -0.454 e. The summed E-state index contributed by atoms with van der Waals surface area (Å²) in [6, 6.07) is 6.16. The zero-order valence-electron chi connectivity index (χ0n) is 22.1. The number of fused-ring (bicyclic) bond motifs is 2. The van der Waals surface area contributed by atoms with Crippen LogP contribution < -0.4 is 15.0 Å². The van der Waals surface area contributed by atoms with E-state index in [1.165, 1.54) is 19.3 Å². The van der Waals surface area contributed by atoms with Gasteiger partial charge in [0.25, 0.3) is 5.56 Å². The zero-order chi connectivity index (χ0) is 25.4. The van der Waals surface area contributed by atoms with Crippen molar-refractivity contribution in [3.05, 3.63) is 39.9 Å². The zero-order valence-corrected chi connectivity index (χ0v) is 22.1. The van der Waals surface area contributed by atoms with Gasteiger partial charge in [-0.3, -0.25) is 9.69 Å². The van der Waals surface area contributed by atoms with E-state index >= 15 is 0 Å². The van der Waals surface area contributed by atoms with Gasteiger partial charge in [0.15, 0.2) is 17.3 Å². The van der Waals surface area contributed by atoms with Crippen LogP contribution in [0.5, 0.6) is 11.5 Å². The fourth-order valence-corrected chi connectivity index (χ4v) is 5.61. The SMILES string of the molecule is CCC(C)(C)n1nnnc1[C@@H](C(C)C)N(Cc1cc2cc3c(cc2[nH]c1=O)OCO3)C1CCCCC1. The smallest absolute Gasteiger partial charge is 0.252 e. The molecule has 0 saturated heterocycles. The Bertz CT molecular complexity index is 1270. The molecule has 1 aliphatic heterocycles. The van der Waals surface area contributed by atoms with E-state index in [0.29, 0.717) is 24.1 Å². The summed E-state index contributed by atoms with van der Waals surface area (Å²) in [7, 11) is 0. The summed E-state index contributed by atoms with van der Waals surface area (Å²) in [5.74, 6) is 2.52. The lowest BCUT2D eigenvalue weighted by molar-refractivity contribution is 0.0572. The molecule has 1 N–H and O–H groups in total. The molecule has 0 bridgehead atoms. The van der Waals surface area contributed by atoms with Crippen molar-refractivity contribution in [2.24, 2.45) is 5.92 Å². The van der Waals surface area contributed by atoms with Crippen LogP contribution in [0.4, 0.5) is 0 Å². The predicted molar refractivity (Wildman–Crippen MR) is 138 cm³/mol. The van der Waals surface area contributed by atoms with Crippen molar-refractivity contribution < 1.29 is 9.47 Å². The molecule has 1 saturated carbocycles. The Morgan fingerprint density at radius 2 is 1.86 bits per heavy atom. The number of H-pyrrole nitrogens is 1. The molecule has 9 heteroatoms. The Hall–Kier alpha value is -2.94. The van der Waals surface area contributed by atoms with Gasteiger partial charge in [-0.15, -0.1) is 5.10 Å². The first-order valence-corrected chi connectivity index (χ1v) is 13.3. The van der Waals surface area contributed by atoms with Gasteiger partial charge >= 0.3 is 0 Å². The van der Waals surface area contributed by atoms with Crippen LogP contribution in [0, 0.1) is 5.92 Å². The number of hydrogen-bond donors (Lipinski definition) is 1. The fraction of sp³-hybridized carbons (Fsp3) is 0.630. The predicted octanol–water partition coefficient (Wildman–Crippen LogP) is 4.92. The number of hydrogen-bond acceptors (Lipinski definition) is 7. The molecule has 1 aromatic carbocycles. The van der Waals surface area contributed by atoms with Gasteiger partial charge in [0, 0.05) is 29.6 Å². The van der Waals surface area contributed by atoms with Gasteiger partial charge < -0.3 is 14.5 Å². The molecule has 0 radical (unpaired) electrons.